The molecule has 11 saturated heterocycles. The molecule has 21 atom stereocenters. The van der Waals surface area contributed by atoms with Crippen molar-refractivity contribution < 1.29 is 62.4 Å². The van der Waals surface area contributed by atoms with Crippen LogP contribution in [0.25, 0.3) is 0 Å². The number of esters is 1. The molecule has 11 aliphatic rings. The Morgan fingerprint density at radius 1 is 0.673 bits per heavy atom. The van der Waals surface area contributed by atoms with Gasteiger partial charge < -0.3 is 57.6 Å². The van der Waals surface area contributed by atoms with E-state index < -0.39 is 48.5 Å². The normalized spacial score (nSPS) is 54.9. The van der Waals surface area contributed by atoms with Crippen molar-refractivity contribution in [2.45, 2.75) is 213 Å². The zero-order valence-corrected chi connectivity index (χ0v) is 32.2. The highest BCUT2D eigenvalue weighted by molar-refractivity contribution is 5.70. The fraction of sp³-hybridized carbons (Fsp3) is 0.881. The predicted molar refractivity (Wildman–Crippen MR) is 193 cm³/mol. The van der Waals surface area contributed by atoms with Crippen molar-refractivity contribution in [3.05, 3.63) is 24.3 Å². The molecule has 0 aliphatic carbocycles. The van der Waals surface area contributed by atoms with E-state index in [2.05, 4.69) is 20.1 Å². The Hall–Kier alpha value is -1.49. The first kappa shape index (κ1) is 37.8. The third kappa shape index (κ3) is 6.79. The third-order valence-electron chi connectivity index (χ3n) is 14.8. The summed E-state index contributed by atoms with van der Waals surface area (Å²) in [6.45, 7) is 13.1. The van der Waals surface area contributed by atoms with Gasteiger partial charge in [0.25, 0.3) is 0 Å². The molecule has 0 amide bonds. The monoisotopic (exact) mass is 772 g/mol. The van der Waals surface area contributed by atoms with E-state index in [-0.39, 0.29) is 98.0 Å². The van der Waals surface area contributed by atoms with E-state index in [9.17, 15) is 15.0 Å². The van der Waals surface area contributed by atoms with E-state index in [1.54, 1.807) is 0 Å². The van der Waals surface area contributed by atoms with Crippen LogP contribution in [0.5, 0.6) is 0 Å². The van der Waals surface area contributed by atoms with Crippen molar-refractivity contribution in [2.24, 2.45) is 11.8 Å². The zero-order valence-electron chi connectivity index (χ0n) is 32.2. The lowest BCUT2D eigenvalue weighted by Crippen LogP contribution is -2.62. The lowest BCUT2D eigenvalue weighted by atomic mass is 9.79. The minimum Gasteiger partial charge on any atom is -0.459 e. The van der Waals surface area contributed by atoms with Crippen LogP contribution in [0.2, 0.25) is 0 Å². The molecule has 12 bridgehead atoms. The molecule has 11 heterocycles. The highest BCUT2D eigenvalue weighted by atomic mass is 16.8. The smallest absolute Gasteiger partial charge is 0.308 e. The SMILES string of the molecule is C=C1C[C@@H]2CC[C@@]34C[C@H]5O[C@H]6C(O3)[C@H]3O[C@H](CC[C@@H]3O[C@H]6C5O4)CC(=O)OC3[C@H](CC4O[C@@H](CCC1O2)C[C@@H](C)C4=C)O[C@H]1C[C@@H](O)C(CCO)O[C@H]1[C@@H]3C. The summed E-state index contributed by atoms with van der Waals surface area (Å²) in [5.74, 6) is -1.18. The topological polar surface area (TPSA) is 150 Å². The molecule has 0 saturated carbocycles. The van der Waals surface area contributed by atoms with Crippen LogP contribution in [0.15, 0.2) is 24.3 Å². The first-order valence-corrected chi connectivity index (χ1v) is 21.3. The van der Waals surface area contributed by atoms with E-state index in [1.807, 2.05) is 6.92 Å². The van der Waals surface area contributed by atoms with Crippen LogP contribution in [0.3, 0.4) is 0 Å². The summed E-state index contributed by atoms with van der Waals surface area (Å²) in [5.41, 5.74) is 2.14. The second-order valence-corrected chi connectivity index (χ2v) is 18.5. The molecule has 0 aromatic carbocycles. The molecule has 11 aliphatic heterocycles. The minimum absolute atomic E-state index is 0.00281. The van der Waals surface area contributed by atoms with Gasteiger partial charge in [0.15, 0.2) is 5.79 Å². The number of hydrogen-bond donors (Lipinski definition) is 2. The Labute approximate surface area is 323 Å². The number of hydrogen-bond acceptors (Lipinski definition) is 13. The van der Waals surface area contributed by atoms with E-state index in [4.69, 9.17) is 47.4 Å². The first-order valence-electron chi connectivity index (χ1n) is 21.3. The van der Waals surface area contributed by atoms with Crippen molar-refractivity contribution in [2.75, 3.05) is 6.61 Å². The molecule has 2 N–H and O–H groups in total. The van der Waals surface area contributed by atoms with Gasteiger partial charge in [0.2, 0.25) is 0 Å². The highest BCUT2D eigenvalue weighted by Gasteiger charge is 2.69. The van der Waals surface area contributed by atoms with Crippen LogP contribution in [0.4, 0.5) is 0 Å². The molecule has 11 fully saturated rings. The maximum absolute atomic E-state index is 14.0. The van der Waals surface area contributed by atoms with Gasteiger partial charge in [0.05, 0.1) is 79.7 Å². The van der Waals surface area contributed by atoms with Crippen LogP contribution in [-0.4, -0.2) is 138 Å². The summed E-state index contributed by atoms with van der Waals surface area (Å²) in [6.07, 6.45) is 2.38. The number of carbonyl (C=O) groups excluding carboxylic acids is 1. The van der Waals surface area contributed by atoms with E-state index in [1.165, 1.54) is 0 Å². The van der Waals surface area contributed by atoms with E-state index in [0.717, 1.165) is 49.7 Å². The Bertz CT molecular complexity index is 1490. The lowest BCUT2D eigenvalue weighted by molar-refractivity contribution is -0.293. The summed E-state index contributed by atoms with van der Waals surface area (Å²) in [4.78, 5) is 14.0. The summed E-state index contributed by atoms with van der Waals surface area (Å²) < 4.78 is 66.9. The Morgan fingerprint density at radius 3 is 2.27 bits per heavy atom. The standard InChI is InChI=1S/C42H60O13/c1-19-13-23-5-7-27-20(2)14-25(46-27)9-11-42-18-33-38(54-42)39-40(52-33)41(55-42)37-29(51-39)8-6-24(48-37)15-34(45)53-36-22(4)35-31(16-26(44)28(50-35)10-12-43)49-32(36)17-30(47-23)21(19)3/h19,22-33,35-41,43-44H,2-3,5-18H2,1,4H3/t19-,22+,23+,24-,25+,26-,27?,28?,29+,30?,31+,32+,33-,35+,36?,37+,38?,39+,40-,41?,42+/m1/s1. The van der Waals surface area contributed by atoms with Gasteiger partial charge in [0, 0.05) is 38.2 Å². The van der Waals surface area contributed by atoms with Crippen LogP contribution in [0, 0.1) is 11.8 Å². The van der Waals surface area contributed by atoms with Gasteiger partial charge in [-0.05, 0) is 68.4 Å². The van der Waals surface area contributed by atoms with Crippen molar-refractivity contribution in [1.82, 2.24) is 0 Å². The van der Waals surface area contributed by atoms with Crippen LogP contribution in [-0.2, 0) is 52.2 Å². The van der Waals surface area contributed by atoms with Crippen molar-refractivity contribution in [1.29, 1.82) is 0 Å². The van der Waals surface area contributed by atoms with Crippen molar-refractivity contribution >= 4 is 5.97 Å². The molecular weight excluding hydrogens is 712 g/mol. The molecule has 0 aromatic rings. The quantitative estimate of drug-likeness (QED) is 0.312. The number of fused-ring (bicyclic) bond motifs is 7. The van der Waals surface area contributed by atoms with Crippen molar-refractivity contribution in [3.8, 4) is 0 Å². The van der Waals surface area contributed by atoms with Gasteiger partial charge in [-0.1, -0.05) is 27.0 Å². The highest BCUT2D eigenvalue weighted by Crippen LogP contribution is 2.54. The second kappa shape index (κ2) is 14.7. The van der Waals surface area contributed by atoms with Crippen molar-refractivity contribution in [3.63, 3.8) is 0 Å². The maximum Gasteiger partial charge on any atom is 0.308 e. The molecule has 1 spiro atoms. The molecular formula is C42H60O13. The predicted octanol–water partition coefficient (Wildman–Crippen LogP) is 3.59. The number of aliphatic hydroxyl groups excluding tert-OH is 2. The number of carbonyl (C=O) groups is 1. The molecule has 11 rings (SSSR count). The molecule has 0 radical (unpaired) electrons. The molecule has 13 nitrogen and oxygen atoms in total. The molecule has 13 heteroatoms. The summed E-state index contributed by atoms with van der Waals surface area (Å²) in [7, 11) is 0. The van der Waals surface area contributed by atoms with Crippen LogP contribution < -0.4 is 0 Å². The second-order valence-electron chi connectivity index (χ2n) is 18.5. The first-order chi connectivity index (χ1) is 26.5. The van der Waals surface area contributed by atoms with Gasteiger partial charge in [-0.3, -0.25) is 4.79 Å². The third-order valence-corrected chi connectivity index (χ3v) is 14.8. The minimum atomic E-state index is -0.808. The number of aliphatic hydroxyl groups is 2. The molecule has 306 valence electrons. The van der Waals surface area contributed by atoms with Gasteiger partial charge >= 0.3 is 5.97 Å². The summed E-state index contributed by atoms with van der Waals surface area (Å²) >= 11 is 0. The lowest BCUT2D eigenvalue weighted by Gasteiger charge is -2.51. The molecule has 0 aromatic heterocycles. The van der Waals surface area contributed by atoms with Gasteiger partial charge in [0.1, 0.15) is 36.6 Å². The van der Waals surface area contributed by atoms with Crippen LogP contribution in [0.1, 0.15) is 97.3 Å². The number of ether oxygens (including phenoxy) is 10. The molecule has 55 heavy (non-hydrogen) atoms. The largest absolute Gasteiger partial charge is 0.459 e. The summed E-state index contributed by atoms with van der Waals surface area (Å²) in [6, 6.07) is 0. The van der Waals surface area contributed by atoms with E-state index >= 15 is 0 Å². The van der Waals surface area contributed by atoms with E-state index in [0.29, 0.717) is 38.5 Å². The van der Waals surface area contributed by atoms with Gasteiger partial charge in [-0.2, -0.15) is 0 Å². The molecule has 6 unspecified atom stereocenters. The van der Waals surface area contributed by atoms with Crippen LogP contribution >= 0.6 is 0 Å². The zero-order chi connectivity index (χ0) is 37.7. The maximum atomic E-state index is 14.0. The summed E-state index contributed by atoms with van der Waals surface area (Å²) in [5, 5.41) is 20.6. The fourth-order valence-corrected chi connectivity index (χ4v) is 11.9. The number of rotatable bonds is 2. The Kier molecular flexibility index (Phi) is 10.1. The Morgan fingerprint density at radius 2 is 1.42 bits per heavy atom. The fourth-order valence-electron chi connectivity index (χ4n) is 11.9. The average molecular weight is 773 g/mol. The Balaban J connectivity index is 0.934. The van der Waals surface area contributed by atoms with Gasteiger partial charge in [-0.15, -0.1) is 0 Å². The van der Waals surface area contributed by atoms with Gasteiger partial charge in [-0.25, -0.2) is 0 Å². The average Bonchev–Trinajstić information content (AvgIpc) is 3.74.